The van der Waals surface area contributed by atoms with E-state index in [-0.39, 0.29) is 45.8 Å². The predicted octanol–water partition coefficient (Wildman–Crippen LogP) is 4.52. The van der Waals surface area contributed by atoms with Crippen molar-refractivity contribution in [1.29, 1.82) is 0 Å². The number of hydrogen-bond donors (Lipinski definition) is 0. The Morgan fingerprint density at radius 2 is 1.78 bits per heavy atom. The van der Waals surface area contributed by atoms with Crippen molar-refractivity contribution in [3.63, 3.8) is 0 Å². The van der Waals surface area contributed by atoms with Crippen LogP contribution in [0.3, 0.4) is 0 Å². The molecule has 0 radical (unpaired) electrons. The lowest BCUT2D eigenvalue weighted by Crippen LogP contribution is -2.31. The Hall–Kier alpha value is -1.67. The van der Waals surface area contributed by atoms with Gasteiger partial charge in [-0.05, 0) is 30.3 Å². The molecule has 27 heavy (non-hydrogen) atoms. The summed E-state index contributed by atoms with van der Waals surface area (Å²) < 4.78 is 45.4. The van der Waals surface area contributed by atoms with E-state index in [1.54, 1.807) is 13.8 Å². The zero-order valence-corrected chi connectivity index (χ0v) is 17.0. The van der Waals surface area contributed by atoms with Crippen LogP contribution in [-0.4, -0.2) is 31.8 Å². The minimum absolute atomic E-state index is 0.00408. The lowest BCUT2D eigenvalue weighted by atomic mass is 10.2. The summed E-state index contributed by atoms with van der Waals surface area (Å²) >= 11 is 11.9. The lowest BCUT2D eigenvalue weighted by Gasteiger charge is -2.19. The van der Waals surface area contributed by atoms with E-state index < -0.39 is 21.8 Å². The Morgan fingerprint density at radius 1 is 1.11 bits per heavy atom. The van der Waals surface area contributed by atoms with Gasteiger partial charge in [-0.25, -0.2) is 17.6 Å². The van der Waals surface area contributed by atoms with Crippen LogP contribution in [0.1, 0.15) is 29.8 Å². The molecule has 0 N–H and O–H groups in total. The van der Waals surface area contributed by atoms with Crippen molar-refractivity contribution < 1.29 is 22.3 Å². The van der Waals surface area contributed by atoms with Crippen molar-refractivity contribution in [2.45, 2.75) is 25.3 Å². The van der Waals surface area contributed by atoms with Crippen molar-refractivity contribution in [3.05, 3.63) is 63.4 Å². The van der Waals surface area contributed by atoms with Crippen LogP contribution in [0, 0.1) is 5.82 Å². The molecule has 0 bridgehead atoms. The maximum Gasteiger partial charge on any atom is 0.338 e. The molecule has 2 rings (SSSR count). The molecule has 2 aromatic carbocycles. The standard InChI is InChI=1S/C18H18Cl2FNO4S/c1-3-22(4-2)27(24,25)17-10-12(8-9-15(17)20)18(23)26-11-13-14(19)6-5-7-16(13)21/h5-10H,3-4,11H2,1-2H3. The Labute approximate surface area is 167 Å². The summed E-state index contributed by atoms with van der Waals surface area (Å²) in [5, 5.41) is 0.124. The monoisotopic (exact) mass is 433 g/mol. The quantitative estimate of drug-likeness (QED) is 0.602. The Bertz CT molecular complexity index is 926. The molecule has 0 spiro atoms. The Balaban J connectivity index is 2.28. The second kappa shape index (κ2) is 9.01. The Morgan fingerprint density at radius 3 is 2.37 bits per heavy atom. The van der Waals surface area contributed by atoms with E-state index in [1.165, 1.54) is 34.6 Å². The summed E-state index contributed by atoms with van der Waals surface area (Å²) in [5.74, 6) is -1.42. The first kappa shape index (κ1) is 21.6. The number of carbonyl (C=O) groups is 1. The number of halogens is 3. The number of rotatable bonds is 7. The predicted molar refractivity (Wildman–Crippen MR) is 102 cm³/mol. The number of esters is 1. The van der Waals surface area contributed by atoms with Gasteiger partial charge in [0.15, 0.2) is 0 Å². The molecular weight excluding hydrogens is 416 g/mol. The second-order valence-electron chi connectivity index (χ2n) is 5.51. The fraction of sp³-hybridized carbons (Fsp3) is 0.278. The fourth-order valence-corrected chi connectivity index (χ4v) is 4.60. The van der Waals surface area contributed by atoms with E-state index in [1.807, 2.05) is 0 Å². The van der Waals surface area contributed by atoms with Gasteiger partial charge < -0.3 is 4.74 Å². The second-order valence-corrected chi connectivity index (χ2v) is 8.23. The first-order valence-corrected chi connectivity index (χ1v) is 10.3. The number of ether oxygens (including phenoxy) is 1. The van der Waals surface area contributed by atoms with Gasteiger partial charge in [0.05, 0.1) is 15.6 Å². The van der Waals surface area contributed by atoms with Crippen LogP contribution >= 0.6 is 23.2 Å². The van der Waals surface area contributed by atoms with Gasteiger partial charge in [-0.15, -0.1) is 0 Å². The summed E-state index contributed by atoms with van der Waals surface area (Å²) in [4.78, 5) is 12.1. The number of sulfonamides is 1. The molecule has 0 atom stereocenters. The number of benzene rings is 2. The topological polar surface area (TPSA) is 63.7 Å². The molecule has 146 valence electrons. The van der Waals surface area contributed by atoms with Gasteiger partial charge >= 0.3 is 5.97 Å². The van der Waals surface area contributed by atoms with E-state index in [2.05, 4.69) is 0 Å². The molecule has 0 heterocycles. The van der Waals surface area contributed by atoms with Crippen LogP contribution < -0.4 is 0 Å². The van der Waals surface area contributed by atoms with Gasteiger partial charge in [-0.3, -0.25) is 0 Å². The van der Waals surface area contributed by atoms with Crippen molar-refractivity contribution in [3.8, 4) is 0 Å². The zero-order valence-electron chi connectivity index (χ0n) is 14.7. The summed E-state index contributed by atoms with van der Waals surface area (Å²) in [7, 11) is -3.86. The third-order valence-corrected chi connectivity index (χ3v) is 6.78. The van der Waals surface area contributed by atoms with Crippen LogP contribution in [0.25, 0.3) is 0 Å². The molecule has 0 fully saturated rings. The molecule has 0 aliphatic carbocycles. The third kappa shape index (κ3) is 4.79. The molecule has 0 aliphatic heterocycles. The molecule has 0 unspecified atom stereocenters. The van der Waals surface area contributed by atoms with Gasteiger partial charge in [0, 0.05) is 18.7 Å². The lowest BCUT2D eigenvalue weighted by molar-refractivity contribution is 0.0469. The van der Waals surface area contributed by atoms with E-state index in [0.29, 0.717) is 0 Å². The minimum Gasteiger partial charge on any atom is -0.457 e. The Kier molecular flexibility index (Phi) is 7.22. The van der Waals surface area contributed by atoms with Crippen LogP contribution in [0.4, 0.5) is 4.39 Å². The van der Waals surface area contributed by atoms with E-state index in [9.17, 15) is 17.6 Å². The average molecular weight is 434 g/mol. The van der Waals surface area contributed by atoms with Gasteiger partial charge in [-0.2, -0.15) is 4.31 Å². The van der Waals surface area contributed by atoms with E-state index in [4.69, 9.17) is 27.9 Å². The highest BCUT2D eigenvalue weighted by Gasteiger charge is 2.26. The number of nitrogens with zero attached hydrogens (tertiary/aromatic N) is 1. The van der Waals surface area contributed by atoms with Crippen LogP contribution in [0.5, 0.6) is 0 Å². The summed E-state index contributed by atoms with van der Waals surface area (Å²) in [6, 6.07) is 7.92. The van der Waals surface area contributed by atoms with Gasteiger partial charge in [0.25, 0.3) is 0 Å². The molecule has 5 nitrogen and oxygen atoms in total. The molecule has 0 amide bonds. The maximum absolute atomic E-state index is 13.8. The SMILES string of the molecule is CCN(CC)S(=O)(=O)c1cc(C(=O)OCc2c(F)cccc2Cl)ccc1Cl. The first-order chi connectivity index (χ1) is 12.7. The smallest absolute Gasteiger partial charge is 0.338 e. The molecular formula is C18H18Cl2FNO4S. The average Bonchev–Trinajstić information content (AvgIpc) is 2.62. The molecule has 9 heteroatoms. The zero-order chi connectivity index (χ0) is 20.2. The highest BCUT2D eigenvalue weighted by Crippen LogP contribution is 2.27. The van der Waals surface area contributed by atoms with Crippen molar-refractivity contribution in [1.82, 2.24) is 4.31 Å². The van der Waals surface area contributed by atoms with Crippen LogP contribution in [0.15, 0.2) is 41.3 Å². The molecule has 2 aromatic rings. The van der Waals surface area contributed by atoms with Crippen LogP contribution in [0.2, 0.25) is 10.0 Å². The van der Waals surface area contributed by atoms with Crippen LogP contribution in [-0.2, 0) is 21.4 Å². The maximum atomic E-state index is 13.8. The summed E-state index contributed by atoms with van der Waals surface area (Å²) in [6.07, 6.45) is 0. The van der Waals surface area contributed by atoms with Crippen molar-refractivity contribution in [2.24, 2.45) is 0 Å². The largest absolute Gasteiger partial charge is 0.457 e. The first-order valence-electron chi connectivity index (χ1n) is 8.12. The summed E-state index contributed by atoms with van der Waals surface area (Å²) in [5.41, 5.74) is 0.0232. The molecule has 0 saturated heterocycles. The van der Waals surface area contributed by atoms with Gasteiger partial charge in [0.2, 0.25) is 10.0 Å². The highest BCUT2D eigenvalue weighted by atomic mass is 35.5. The normalized spacial score (nSPS) is 11.6. The van der Waals surface area contributed by atoms with Gasteiger partial charge in [0.1, 0.15) is 17.3 Å². The third-order valence-electron chi connectivity index (χ3n) is 3.90. The number of carbonyl (C=O) groups excluding carboxylic acids is 1. The van der Waals surface area contributed by atoms with Crippen molar-refractivity contribution in [2.75, 3.05) is 13.1 Å². The van der Waals surface area contributed by atoms with Gasteiger partial charge in [-0.1, -0.05) is 43.1 Å². The molecule has 0 aliphatic rings. The number of hydrogen-bond acceptors (Lipinski definition) is 4. The molecule has 0 saturated carbocycles. The van der Waals surface area contributed by atoms with E-state index >= 15 is 0 Å². The summed E-state index contributed by atoms with van der Waals surface area (Å²) in [6.45, 7) is 3.53. The van der Waals surface area contributed by atoms with Crippen molar-refractivity contribution >= 4 is 39.2 Å². The van der Waals surface area contributed by atoms with E-state index in [0.717, 1.165) is 6.07 Å². The fourth-order valence-electron chi connectivity index (χ4n) is 2.42. The minimum atomic E-state index is -3.86. The highest BCUT2D eigenvalue weighted by molar-refractivity contribution is 7.89. The molecule has 0 aromatic heterocycles.